The van der Waals surface area contributed by atoms with Gasteiger partial charge in [-0.15, -0.1) is 0 Å². The van der Waals surface area contributed by atoms with Crippen LogP contribution < -0.4 is 0 Å². The fourth-order valence-electron chi connectivity index (χ4n) is 1.20. The molecule has 0 heterocycles. The first-order valence-corrected chi connectivity index (χ1v) is 8.86. The smallest absolute Gasteiger partial charge is 0.235 e. The van der Waals surface area contributed by atoms with Crippen LogP contribution in [0.25, 0.3) is 0 Å². The van der Waals surface area contributed by atoms with Crippen molar-refractivity contribution in [2.75, 3.05) is 12.4 Å². The number of hydrogen-bond acceptors (Lipinski definition) is 3. The fraction of sp³-hybridized carbons (Fsp3) is 1.00. The highest BCUT2D eigenvalue weighted by Gasteiger charge is 2.04. The molecule has 0 aliphatic rings. The Morgan fingerprint density at radius 3 is 2.33 bits per heavy atom. The van der Waals surface area contributed by atoms with E-state index in [1.165, 1.54) is 38.5 Å². The molecule has 0 saturated carbocycles. The molecule has 0 spiro atoms. The molecule has 0 saturated heterocycles. The van der Waals surface area contributed by atoms with Gasteiger partial charge in [-0.2, -0.15) is 0 Å². The molecule has 1 N–H and O–H groups in total. The van der Waals surface area contributed by atoms with Gasteiger partial charge in [0.25, 0.3) is 0 Å². The maximum absolute atomic E-state index is 9.51. The van der Waals surface area contributed by atoms with Crippen molar-refractivity contribution in [3.05, 3.63) is 0 Å². The predicted molar refractivity (Wildman–Crippen MR) is 71.2 cm³/mol. The first kappa shape index (κ1) is 15.7. The Kier molecular flexibility index (Phi) is 13.4. The zero-order chi connectivity index (χ0) is 11.4. The van der Waals surface area contributed by atoms with Crippen molar-refractivity contribution in [1.29, 1.82) is 0 Å². The van der Waals surface area contributed by atoms with Crippen molar-refractivity contribution in [1.82, 2.24) is 0 Å². The maximum Gasteiger partial charge on any atom is 0.235 e. The van der Waals surface area contributed by atoms with E-state index >= 15 is 0 Å². The molecule has 0 aromatic carbocycles. The average molecular weight is 252 g/mol. The van der Waals surface area contributed by atoms with Crippen molar-refractivity contribution in [2.45, 2.75) is 58.8 Å². The Morgan fingerprint density at radius 2 is 1.67 bits per heavy atom. The van der Waals surface area contributed by atoms with Gasteiger partial charge in [0, 0.05) is 5.75 Å². The van der Waals surface area contributed by atoms with E-state index in [-0.39, 0.29) is 0 Å². The Balaban J connectivity index is 3.08. The summed E-state index contributed by atoms with van der Waals surface area (Å²) >= 11 is 1.58. The van der Waals surface area contributed by atoms with Gasteiger partial charge in [0.2, 0.25) is 7.58 Å². The molecule has 0 aromatic heterocycles. The Hall–Kier alpha value is 0.700. The normalized spacial score (nSPS) is 13.0. The van der Waals surface area contributed by atoms with Gasteiger partial charge in [0.05, 0.1) is 6.61 Å². The molecule has 92 valence electrons. The van der Waals surface area contributed by atoms with Crippen LogP contribution in [0.1, 0.15) is 58.8 Å². The van der Waals surface area contributed by atoms with Crippen LogP contribution in [0.4, 0.5) is 0 Å². The Morgan fingerprint density at radius 1 is 1.00 bits per heavy atom. The quantitative estimate of drug-likeness (QED) is 0.426. The number of rotatable bonds is 11. The van der Waals surface area contributed by atoms with Crippen LogP contribution >= 0.6 is 19.0 Å². The Labute approximate surface area is 99.8 Å². The molecule has 4 heteroatoms. The van der Waals surface area contributed by atoms with Gasteiger partial charge in [-0.1, -0.05) is 57.3 Å². The minimum atomic E-state index is -1.20. The highest BCUT2D eigenvalue weighted by atomic mass is 32.7. The van der Waals surface area contributed by atoms with Crippen molar-refractivity contribution in [3.63, 3.8) is 0 Å². The lowest BCUT2D eigenvalue weighted by atomic mass is 10.2. The molecule has 0 rings (SSSR count). The predicted octanol–water partition coefficient (Wildman–Crippen LogP) is 4.73. The topological polar surface area (TPSA) is 29.5 Å². The van der Waals surface area contributed by atoms with E-state index in [1.54, 1.807) is 11.4 Å². The first-order valence-electron chi connectivity index (χ1n) is 6.06. The van der Waals surface area contributed by atoms with E-state index in [9.17, 15) is 4.89 Å². The van der Waals surface area contributed by atoms with Crippen LogP contribution in [0.2, 0.25) is 0 Å². The van der Waals surface area contributed by atoms with E-state index in [4.69, 9.17) is 4.52 Å². The van der Waals surface area contributed by atoms with Gasteiger partial charge in [-0.25, -0.2) is 0 Å². The van der Waals surface area contributed by atoms with Gasteiger partial charge < -0.3 is 9.42 Å². The van der Waals surface area contributed by atoms with Crippen LogP contribution in [-0.4, -0.2) is 17.3 Å². The molecule has 0 aromatic rings. The lowest BCUT2D eigenvalue weighted by molar-refractivity contribution is 0.311. The second kappa shape index (κ2) is 12.8. The summed E-state index contributed by atoms with van der Waals surface area (Å²) in [7, 11) is -1.20. The van der Waals surface area contributed by atoms with E-state index in [2.05, 4.69) is 13.8 Å². The summed E-state index contributed by atoms with van der Waals surface area (Å²) in [6, 6.07) is 0. The summed E-state index contributed by atoms with van der Waals surface area (Å²) in [6.07, 6.45) is 8.54. The van der Waals surface area contributed by atoms with E-state index < -0.39 is 7.58 Å². The zero-order valence-electron chi connectivity index (χ0n) is 10.1. The monoisotopic (exact) mass is 252 g/mol. The molecule has 0 radical (unpaired) electrons. The van der Waals surface area contributed by atoms with Crippen molar-refractivity contribution in [2.24, 2.45) is 0 Å². The summed E-state index contributed by atoms with van der Waals surface area (Å²) < 4.78 is 5.33. The number of unbranched alkanes of at least 4 members (excludes halogenated alkanes) is 5. The minimum absolute atomic E-state index is 0.720. The van der Waals surface area contributed by atoms with Gasteiger partial charge in [0.15, 0.2) is 0 Å². The molecular formula is C11H25O2PS. The highest BCUT2D eigenvalue weighted by molar-refractivity contribution is 8.52. The van der Waals surface area contributed by atoms with E-state index in [0.29, 0.717) is 0 Å². The summed E-state index contributed by atoms with van der Waals surface area (Å²) in [6.45, 7) is 5.10. The van der Waals surface area contributed by atoms with Crippen molar-refractivity contribution in [3.8, 4) is 0 Å². The van der Waals surface area contributed by atoms with Crippen LogP contribution in [-0.2, 0) is 4.52 Å². The second-order valence-corrected chi connectivity index (χ2v) is 6.78. The van der Waals surface area contributed by atoms with Gasteiger partial charge in [-0.3, -0.25) is 0 Å². The standard InChI is InChI=1S/C11H25O2PS/c1-3-5-7-9-11-15-14(12)13-10-8-6-4-2/h12H,3-11H2,1-2H3. The van der Waals surface area contributed by atoms with Gasteiger partial charge >= 0.3 is 0 Å². The van der Waals surface area contributed by atoms with E-state index in [1.807, 2.05) is 0 Å². The van der Waals surface area contributed by atoms with E-state index in [0.717, 1.165) is 18.8 Å². The SMILES string of the molecule is CCCCCCSP(O)OCCCCC. The molecule has 1 unspecified atom stereocenters. The zero-order valence-corrected chi connectivity index (χ0v) is 11.8. The molecule has 0 bridgehead atoms. The maximum atomic E-state index is 9.51. The number of hydrogen-bond donors (Lipinski definition) is 1. The summed E-state index contributed by atoms with van der Waals surface area (Å²) in [5.74, 6) is 1.04. The molecule has 15 heavy (non-hydrogen) atoms. The lowest BCUT2D eigenvalue weighted by Crippen LogP contribution is -1.88. The van der Waals surface area contributed by atoms with Crippen molar-refractivity contribution < 1.29 is 9.42 Å². The molecule has 0 amide bonds. The molecular weight excluding hydrogens is 227 g/mol. The molecule has 0 fully saturated rings. The second-order valence-electron chi connectivity index (χ2n) is 3.67. The third-order valence-corrected chi connectivity index (χ3v) is 4.77. The molecule has 0 aliphatic carbocycles. The van der Waals surface area contributed by atoms with Crippen LogP contribution in [0.3, 0.4) is 0 Å². The molecule has 2 nitrogen and oxygen atoms in total. The molecule has 1 atom stereocenters. The summed E-state index contributed by atoms with van der Waals surface area (Å²) in [5, 5.41) is 0. The molecule has 0 aliphatic heterocycles. The lowest BCUT2D eigenvalue weighted by Gasteiger charge is -2.09. The van der Waals surface area contributed by atoms with Crippen LogP contribution in [0, 0.1) is 0 Å². The van der Waals surface area contributed by atoms with Crippen LogP contribution in [0.5, 0.6) is 0 Å². The van der Waals surface area contributed by atoms with Crippen molar-refractivity contribution >= 4 is 19.0 Å². The average Bonchev–Trinajstić information content (AvgIpc) is 2.24. The summed E-state index contributed by atoms with van der Waals surface area (Å²) in [5.41, 5.74) is 0. The highest BCUT2D eigenvalue weighted by Crippen LogP contribution is 2.47. The third-order valence-electron chi connectivity index (χ3n) is 2.15. The largest absolute Gasteiger partial charge is 0.342 e. The van der Waals surface area contributed by atoms with Gasteiger partial charge in [0.1, 0.15) is 0 Å². The van der Waals surface area contributed by atoms with Crippen LogP contribution in [0.15, 0.2) is 0 Å². The summed E-state index contributed by atoms with van der Waals surface area (Å²) in [4.78, 5) is 9.51. The minimum Gasteiger partial charge on any atom is -0.342 e. The van der Waals surface area contributed by atoms with Gasteiger partial charge in [-0.05, 0) is 12.8 Å². The fourth-order valence-corrected chi connectivity index (χ4v) is 3.36. The third kappa shape index (κ3) is 12.6. The first-order chi connectivity index (χ1) is 7.31. The Bertz CT molecular complexity index is 125.